The summed E-state index contributed by atoms with van der Waals surface area (Å²) in [7, 11) is 0. The first-order valence-corrected chi connectivity index (χ1v) is 12.9. The Bertz CT molecular complexity index is 956. The molecular formula is C28H38N2O5. The minimum Gasteiger partial charge on any atom is -0.454 e. The number of carbonyl (C=O) groups excluding carboxylic acids is 4. The van der Waals surface area contributed by atoms with Gasteiger partial charge in [0.05, 0.1) is 6.42 Å². The van der Waals surface area contributed by atoms with Crippen LogP contribution in [-0.4, -0.2) is 36.2 Å². The number of carbonyl (C=O) groups is 4. The van der Waals surface area contributed by atoms with E-state index in [-0.39, 0.29) is 36.0 Å². The Hall–Kier alpha value is -2.70. The Kier molecular flexibility index (Phi) is 7.07. The van der Waals surface area contributed by atoms with E-state index < -0.39 is 17.5 Å². The van der Waals surface area contributed by atoms with Gasteiger partial charge in [-0.25, -0.2) is 0 Å². The lowest BCUT2D eigenvalue weighted by molar-refractivity contribution is -0.148. The van der Waals surface area contributed by atoms with E-state index in [1.165, 1.54) is 19.3 Å². The third-order valence-electron chi connectivity index (χ3n) is 7.92. The van der Waals surface area contributed by atoms with Crippen molar-refractivity contribution in [3.8, 4) is 0 Å². The van der Waals surface area contributed by atoms with Crippen molar-refractivity contribution in [3.63, 3.8) is 0 Å². The molecule has 4 saturated carbocycles. The van der Waals surface area contributed by atoms with Gasteiger partial charge < -0.3 is 15.4 Å². The number of anilines is 1. The smallest absolute Gasteiger partial charge is 0.308 e. The van der Waals surface area contributed by atoms with Crippen LogP contribution in [0.2, 0.25) is 0 Å². The predicted octanol–water partition coefficient (Wildman–Crippen LogP) is 4.51. The Morgan fingerprint density at radius 3 is 2.03 bits per heavy atom. The van der Waals surface area contributed by atoms with E-state index in [0.29, 0.717) is 29.0 Å². The molecule has 0 saturated heterocycles. The Balaban J connectivity index is 1.21. The highest BCUT2D eigenvalue weighted by Gasteiger charge is 2.54. The Morgan fingerprint density at radius 2 is 1.51 bits per heavy atom. The Labute approximate surface area is 207 Å². The number of ether oxygens (including phenoxy) is 1. The van der Waals surface area contributed by atoms with Crippen LogP contribution in [0.1, 0.15) is 83.0 Å². The van der Waals surface area contributed by atoms with Crippen LogP contribution in [-0.2, 0) is 19.1 Å². The quantitative estimate of drug-likeness (QED) is 0.419. The molecule has 35 heavy (non-hydrogen) atoms. The number of nitrogens with one attached hydrogen (secondary N) is 2. The largest absolute Gasteiger partial charge is 0.454 e. The summed E-state index contributed by atoms with van der Waals surface area (Å²) in [5.41, 5.74) is 0.238. The first-order chi connectivity index (χ1) is 16.4. The van der Waals surface area contributed by atoms with E-state index in [2.05, 4.69) is 10.6 Å². The molecule has 2 amide bonds. The van der Waals surface area contributed by atoms with Gasteiger partial charge in [-0.3, -0.25) is 19.2 Å². The summed E-state index contributed by atoms with van der Waals surface area (Å²) in [6.07, 6.45) is 5.89. The number of rotatable bonds is 8. The fraction of sp³-hybridized carbons (Fsp3) is 0.643. The molecule has 4 fully saturated rings. The molecule has 7 heteroatoms. The third kappa shape index (κ3) is 5.76. The van der Waals surface area contributed by atoms with Crippen LogP contribution in [0.4, 0.5) is 5.69 Å². The zero-order valence-electron chi connectivity index (χ0n) is 21.3. The highest BCUT2D eigenvalue weighted by atomic mass is 16.5. The fourth-order valence-corrected chi connectivity index (χ4v) is 6.44. The molecule has 1 unspecified atom stereocenters. The zero-order chi connectivity index (χ0) is 25.4. The van der Waals surface area contributed by atoms with E-state index >= 15 is 0 Å². The average Bonchev–Trinajstić information content (AvgIpc) is 2.77. The maximum atomic E-state index is 13.0. The zero-order valence-corrected chi connectivity index (χ0v) is 21.3. The summed E-state index contributed by atoms with van der Waals surface area (Å²) in [6.45, 7) is 7.24. The molecule has 0 spiro atoms. The number of ketones is 1. The van der Waals surface area contributed by atoms with E-state index in [1.54, 1.807) is 31.2 Å². The molecule has 7 nitrogen and oxygen atoms in total. The lowest BCUT2D eigenvalue weighted by atomic mass is 9.49. The molecule has 4 aliphatic rings. The molecule has 0 radical (unpaired) electrons. The lowest BCUT2D eigenvalue weighted by Gasteiger charge is -2.55. The average molecular weight is 483 g/mol. The molecular weight excluding hydrogens is 444 g/mol. The monoisotopic (exact) mass is 482 g/mol. The molecule has 1 aromatic carbocycles. The van der Waals surface area contributed by atoms with Gasteiger partial charge in [0.25, 0.3) is 0 Å². The van der Waals surface area contributed by atoms with E-state index in [4.69, 9.17) is 4.74 Å². The number of hydrogen-bond acceptors (Lipinski definition) is 5. The maximum Gasteiger partial charge on any atom is 0.308 e. The number of hydrogen-bond donors (Lipinski definition) is 2. The highest BCUT2D eigenvalue weighted by molar-refractivity contribution is 6.01. The van der Waals surface area contributed by atoms with Crippen LogP contribution in [0, 0.1) is 28.6 Å². The summed E-state index contributed by atoms with van der Waals surface area (Å²) in [4.78, 5) is 50.1. The first kappa shape index (κ1) is 25.4. The van der Waals surface area contributed by atoms with Crippen LogP contribution < -0.4 is 10.6 Å². The second-order valence-corrected chi connectivity index (χ2v) is 12.0. The van der Waals surface area contributed by atoms with Gasteiger partial charge >= 0.3 is 5.97 Å². The molecule has 0 heterocycles. The van der Waals surface area contributed by atoms with Crippen LogP contribution in [0.25, 0.3) is 0 Å². The summed E-state index contributed by atoms with van der Waals surface area (Å²) >= 11 is 0. The van der Waals surface area contributed by atoms with Crippen LogP contribution >= 0.6 is 0 Å². The SMILES string of the molecule is CC(OC(=O)CCNC(=O)C12CC3CC(CC(C3)C1)C2)C(=O)c1ccc(NC(=O)C(C)(C)C)cc1. The second kappa shape index (κ2) is 9.75. The maximum absolute atomic E-state index is 13.0. The molecule has 0 aliphatic heterocycles. The normalized spacial score (nSPS) is 27.7. The van der Waals surface area contributed by atoms with Gasteiger partial charge in [0.1, 0.15) is 0 Å². The van der Waals surface area contributed by atoms with E-state index in [9.17, 15) is 19.2 Å². The molecule has 0 aromatic heterocycles. The second-order valence-electron chi connectivity index (χ2n) is 12.0. The summed E-state index contributed by atoms with van der Waals surface area (Å²) < 4.78 is 5.33. The van der Waals surface area contributed by atoms with Gasteiger partial charge in [0.2, 0.25) is 17.6 Å². The van der Waals surface area contributed by atoms with E-state index in [0.717, 1.165) is 19.3 Å². The first-order valence-electron chi connectivity index (χ1n) is 12.9. The van der Waals surface area contributed by atoms with Gasteiger partial charge in [0, 0.05) is 28.6 Å². The van der Waals surface area contributed by atoms with Gasteiger partial charge in [0.15, 0.2) is 6.10 Å². The molecule has 1 atom stereocenters. The minimum atomic E-state index is -0.934. The molecule has 1 aromatic rings. The number of Topliss-reactive ketones (excluding diaryl/α,β-unsaturated/α-hetero) is 1. The van der Waals surface area contributed by atoms with Gasteiger partial charge in [-0.15, -0.1) is 0 Å². The van der Waals surface area contributed by atoms with Crippen molar-refractivity contribution in [2.75, 3.05) is 11.9 Å². The van der Waals surface area contributed by atoms with Crippen molar-refractivity contribution in [2.45, 2.75) is 78.7 Å². The molecule has 5 rings (SSSR count). The van der Waals surface area contributed by atoms with Crippen molar-refractivity contribution < 1.29 is 23.9 Å². The summed E-state index contributed by atoms with van der Waals surface area (Å²) in [5, 5.41) is 5.79. The van der Waals surface area contributed by atoms with Gasteiger partial charge in [-0.2, -0.15) is 0 Å². The molecule has 190 valence electrons. The standard InChI is InChI=1S/C28H38N2O5/c1-17(24(32)21-5-7-22(8-6-21)30-25(33)27(2,3)4)35-23(31)9-10-29-26(34)28-14-18-11-19(15-28)13-20(12-18)16-28/h5-8,17-20H,9-16H2,1-4H3,(H,29,34)(H,30,33). The molecule has 2 N–H and O–H groups in total. The summed E-state index contributed by atoms with van der Waals surface area (Å²) in [5.74, 6) is 1.21. The van der Waals surface area contributed by atoms with Crippen molar-refractivity contribution in [1.29, 1.82) is 0 Å². The van der Waals surface area contributed by atoms with Crippen molar-refractivity contribution in [1.82, 2.24) is 5.32 Å². The molecule has 4 aliphatic carbocycles. The van der Waals surface area contributed by atoms with Crippen molar-refractivity contribution >= 4 is 29.3 Å². The van der Waals surface area contributed by atoms with Crippen molar-refractivity contribution in [2.24, 2.45) is 28.6 Å². The predicted molar refractivity (Wildman–Crippen MR) is 133 cm³/mol. The number of amides is 2. The van der Waals surface area contributed by atoms with Gasteiger partial charge in [-0.05, 0) is 87.5 Å². The van der Waals surface area contributed by atoms with Crippen LogP contribution in [0.3, 0.4) is 0 Å². The lowest BCUT2D eigenvalue weighted by Crippen LogP contribution is -2.53. The third-order valence-corrected chi connectivity index (χ3v) is 7.92. The van der Waals surface area contributed by atoms with Gasteiger partial charge in [-0.1, -0.05) is 20.8 Å². The minimum absolute atomic E-state index is 0.0352. The van der Waals surface area contributed by atoms with E-state index in [1.807, 2.05) is 20.8 Å². The van der Waals surface area contributed by atoms with Crippen LogP contribution in [0.5, 0.6) is 0 Å². The Morgan fingerprint density at radius 1 is 0.971 bits per heavy atom. The number of esters is 1. The van der Waals surface area contributed by atoms with Crippen molar-refractivity contribution in [3.05, 3.63) is 29.8 Å². The van der Waals surface area contributed by atoms with Crippen LogP contribution in [0.15, 0.2) is 24.3 Å². The highest BCUT2D eigenvalue weighted by Crippen LogP contribution is 2.60. The molecule has 4 bridgehead atoms. The fourth-order valence-electron chi connectivity index (χ4n) is 6.44. The topological polar surface area (TPSA) is 102 Å². The number of benzene rings is 1. The summed E-state index contributed by atoms with van der Waals surface area (Å²) in [6, 6.07) is 6.53.